The van der Waals surface area contributed by atoms with E-state index in [9.17, 15) is 8.42 Å². The van der Waals surface area contributed by atoms with Crippen molar-refractivity contribution in [3.05, 3.63) is 17.0 Å². The van der Waals surface area contributed by atoms with Gasteiger partial charge >= 0.3 is 0 Å². The van der Waals surface area contributed by atoms with Crippen molar-refractivity contribution in [3.8, 4) is 0 Å². The fourth-order valence-corrected chi connectivity index (χ4v) is 5.46. The van der Waals surface area contributed by atoms with Crippen molar-refractivity contribution in [3.63, 3.8) is 0 Å². The summed E-state index contributed by atoms with van der Waals surface area (Å²) in [5, 5.41) is 5.17. The van der Waals surface area contributed by atoms with Gasteiger partial charge in [0.1, 0.15) is 4.21 Å². The Morgan fingerprint density at radius 2 is 2.10 bits per heavy atom. The van der Waals surface area contributed by atoms with Crippen LogP contribution < -0.4 is 5.32 Å². The summed E-state index contributed by atoms with van der Waals surface area (Å²) in [6.45, 7) is 9.39. The van der Waals surface area contributed by atoms with E-state index >= 15 is 0 Å². The third-order valence-electron chi connectivity index (χ3n) is 4.10. The quantitative estimate of drug-likeness (QED) is 0.903. The Labute approximate surface area is 132 Å². The molecule has 0 aliphatic carbocycles. The fourth-order valence-electron chi connectivity index (χ4n) is 2.62. The Balaban J connectivity index is 2.12. The highest BCUT2D eigenvalue weighted by molar-refractivity contribution is 7.91. The largest absolute Gasteiger partial charge is 0.313 e. The second-order valence-corrected chi connectivity index (χ2v) is 9.55. The number of hydrogen-bond acceptors (Lipinski definition) is 4. The maximum Gasteiger partial charge on any atom is 0.252 e. The van der Waals surface area contributed by atoms with Gasteiger partial charge in [0.2, 0.25) is 0 Å². The summed E-state index contributed by atoms with van der Waals surface area (Å²) >= 11 is 1.34. The Bertz CT molecular complexity index is 564. The van der Waals surface area contributed by atoms with Gasteiger partial charge in [0.15, 0.2) is 0 Å². The molecule has 4 nitrogen and oxygen atoms in total. The molecule has 1 aromatic heterocycles. The van der Waals surface area contributed by atoms with Gasteiger partial charge in [0, 0.05) is 19.6 Å². The molecule has 0 amide bonds. The van der Waals surface area contributed by atoms with Crippen LogP contribution in [0.2, 0.25) is 0 Å². The molecule has 0 atom stereocenters. The molecule has 1 saturated heterocycles. The van der Waals surface area contributed by atoms with Crippen molar-refractivity contribution in [2.24, 2.45) is 5.41 Å². The van der Waals surface area contributed by atoms with Crippen LogP contribution in [-0.4, -0.2) is 32.4 Å². The van der Waals surface area contributed by atoms with Gasteiger partial charge < -0.3 is 5.32 Å². The van der Waals surface area contributed by atoms with E-state index in [2.05, 4.69) is 19.2 Å². The highest BCUT2D eigenvalue weighted by Crippen LogP contribution is 2.33. The molecule has 0 bridgehead atoms. The number of thiophene rings is 1. The molecule has 6 heteroatoms. The van der Waals surface area contributed by atoms with Crippen LogP contribution in [0.1, 0.15) is 45.6 Å². The monoisotopic (exact) mass is 330 g/mol. The molecule has 0 unspecified atom stereocenters. The van der Waals surface area contributed by atoms with E-state index in [1.165, 1.54) is 11.3 Å². The first-order chi connectivity index (χ1) is 9.85. The summed E-state index contributed by atoms with van der Waals surface area (Å²) in [6, 6.07) is 1.82. The van der Waals surface area contributed by atoms with Crippen LogP contribution in [0.25, 0.3) is 0 Å². The normalized spacial score (nSPS) is 20.3. The highest BCUT2D eigenvalue weighted by atomic mass is 32.2. The number of hydrogen-bond donors (Lipinski definition) is 1. The molecule has 1 aliphatic rings. The molecule has 1 aliphatic heterocycles. The third kappa shape index (κ3) is 4.28. The van der Waals surface area contributed by atoms with E-state index in [1.54, 1.807) is 4.31 Å². The minimum Gasteiger partial charge on any atom is -0.313 e. The van der Waals surface area contributed by atoms with Crippen molar-refractivity contribution < 1.29 is 8.42 Å². The Kier molecular flexibility index (Phi) is 5.46. The van der Waals surface area contributed by atoms with E-state index in [1.807, 2.05) is 18.4 Å². The van der Waals surface area contributed by atoms with Crippen LogP contribution in [0.3, 0.4) is 0 Å². The summed E-state index contributed by atoms with van der Waals surface area (Å²) in [4.78, 5) is 0. The van der Waals surface area contributed by atoms with Crippen molar-refractivity contribution in [2.45, 2.75) is 50.8 Å². The molecular formula is C15H26N2O2S2. The number of rotatable bonds is 5. The third-order valence-corrected chi connectivity index (χ3v) is 7.46. The fraction of sp³-hybridized carbons (Fsp3) is 0.733. The van der Waals surface area contributed by atoms with Crippen LogP contribution in [0, 0.1) is 5.41 Å². The van der Waals surface area contributed by atoms with E-state index in [0.717, 1.165) is 37.9 Å². The second-order valence-electron chi connectivity index (χ2n) is 6.48. The topological polar surface area (TPSA) is 49.4 Å². The second kappa shape index (κ2) is 6.77. The van der Waals surface area contributed by atoms with Gasteiger partial charge in [-0.15, -0.1) is 11.3 Å². The predicted molar refractivity (Wildman–Crippen MR) is 88.1 cm³/mol. The molecular weight excluding hydrogens is 304 g/mol. The first kappa shape index (κ1) is 16.9. The average molecular weight is 331 g/mol. The molecule has 0 spiro atoms. The minimum atomic E-state index is -3.32. The summed E-state index contributed by atoms with van der Waals surface area (Å²) in [7, 11) is -3.32. The maximum absolute atomic E-state index is 12.8. The predicted octanol–water partition coefficient (Wildman–Crippen LogP) is 3.06. The van der Waals surface area contributed by atoms with Gasteiger partial charge in [-0.3, -0.25) is 0 Å². The van der Waals surface area contributed by atoms with Gasteiger partial charge in [0.05, 0.1) is 0 Å². The van der Waals surface area contributed by atoms with E-state index in [0.29, 0.717) is 17.3 Å². The zero-order valence-corrected chi connectivity index (χ0v) is 14.8. The van der Waals surface area contributed by atoms with Crippen LogP contribution in [0.4, 0.5) is 0 Å². The maximum atomic E-state index is 12.8. The smallest absolute Gasteiger partial charge is 0.252 e. The lowest BCUT2D eigenvalue weighted by Gasteiger charge is -2.22. The Morgan fingerprint density at radius 3 is 2.81 bits per heavy atom. The lowest BCUT2D eigenvalue weighted by atomic mass is 9.85. The lowest BCUT2D eigenvalue weighted by molar-refractivity contribution is 0.315. The molecule has 0 saturated carbocycles. The van der Waals surface area contributed by atoms with Crippen molar-refractivity contribution in [1.29, 1.82) is 0 Å². The molecule has 2 heterocycles. The van der Waals surface area contributed by atoms with Gasteiger partial charge in [-0.05, 0) is 48.2 Å². The minimum absolute atomic E-state index is 0.246. The number of sulfonamides is 1. The molecule has 1 aromatic rings. The number of nitrogens with one attached hydrogen (secondary N) is 1. The summed E-state index contributed by atoms with van der Waals surface area (Å²) in [6.07, 6.45) is 2.97. The van der Waals surface area contributed by atoms with Gasteiger partial charge in [-0.2, -0.15) is 4.31 Å². The lowest BCUT2D eigenvalue weighted by Crippen LogP contribution is -2.32. The molecule has 21 heavy (non-hydrogen) atoms. The van der Waals surface area contributed by atoms with Crippen LogP contribution in [0.5, 0.6) is 0 Å². The molecule has 1 fully saturated rings. The summed E-state index contributed by atoms with van der Waals surface area (Å²) in [5.74, 6) is 0. The Hall–Kier alpha value is -0.430. The number of nitrogens with zero attached hydrogens (tertiary/aromatic N) is 1. The van der Waals surface area contributed by atoms with E-state index in [4.69, 9.17) is 0 Å². The molecule has 2 rings (SSSR count). The Morgan fingerprint density at radius 1 is 1.33 bits per heavy atom. The van der Waals surface area contributed by atoms with Crippen molar-refractivity contribution in [2.75, 3.05) is 19.6 Å². The first-order valence-electron chi connectivity index (χ1n) is 7.63. The average Bonchev–Trinajstić information content (AvgIpc) is 2.81. The van der Waals surface area contributed by atoms with E-state index < -0.39 is 10.0 Å². The summed E-state index contributed by atoms with van der Waals surface area (Å²) < 4.78 is 27.7. The van der Waals surface area contributed by atoms with Gasteiger partial charge in [0.25, 0.3) is 10.0 Å². The highest BCUT2D eigenvalue weighted by Gasteiger charge is 2.31. The molecule has 0 radical (unpaired) electrons. The van der Waals surface area contributed by atoms with Crippen LogP contribution in [0.15, 0.2) is 15.7 Å². The van der Waals surface area contributed by atoms with E-state index in [-0.39, 0.29) is 5.41 Å². The van der Waals surface area contributed by atoms with Crippen LogP contribution >= 0.6 is 11.3 Å². The van der Waals surface area contributed by atoms with Crippen molar-refractivity contribution >= 4 is 21.4 Å². The van der Waals surface area contributed by atoms with Gasteiger partial charge in [-0.1, -0.05) is 20.8 Å². The molecule has 1 N–H and O–H groups in total. The van der Waals surface area contributed by atoms with Gasteiger partial charge in [-0.25, -0.2) is 8.42 Å². The van der Waals surface area contributed by atoms with Crippen LogP contribution in [-0.2, 0) is 16.6 Å². The zero-order valence-electron chi connectivity index (χ0n) is 13.2. The standard InChI is InChI=1S/C15H26N2O2S2/c1-4-16-11-13-10-14(20-12-13)21(18,19)17-8-5-6-15(2,3)7-9-17/h10,12,16H,4-9,11H2,1-3H3. The van der Waals surface area contributed by atoms with Crippen molar-refractivity contribution in [1.82, 2.24) is 9.62 Å². The first-order valence-corrected chi connectivity index (χ1v) is 9.95. The summed E-state index contributed by atoms with van der Waals surface area (Å²) in [5.41, 5.74) is 1.30. The SMILES string of the molecule is CCNCc1csc(S(=O)(=O)N2CCCC(C)(C)CC2)c1. The molecule has 120 valence electrons. The zero-order chi connectivity index (χ0) is 15.5. The molecule has 0 aromatic carbocycles.